The van der Waals surface area contributed by atoms with Crippen LogP contribution < -0.4 is 0 Å². The summed E-state index contributed by atoms with van der Waals surface area (Å²) in [5.41, 5.74) is 0. The first-order valence-corrected chi connectivity index (χ1v) is 6.36. The van der Waals surface area contributed by atoms with Crippen LogP contribution in [-0.2, 0) is 17.1 Å². The summed E-state index contributed by atoms with van der Waals surface area (Å²) in [7, 11) is 0. The second kappa shape index (κ2) is 27.6. The Balaban J connectivity index is -0.00000000167. The Bertz CT molecular complexity index is 11.6. The van der Waals surface area contributed by atoms with E-state index >= 15 is 0 Å². The molecule has 0 amide bonds. The van der Waals surface area contributed by atoms with Crippen molar-refractivity contribution in [3.8, 4) is 0 Å². The fraction of sp³-hybridized carbons (Fsp3) is 0. The van der Waals surface area contributed by atoms with Gasteiger partial charge in [0.15, 0.2) is 0 Å². The summed E-state index contributed by atoms with van der Waals surface area (Å²) < 4.78 is 0. The van der Waals surface area contributed by atoms with Crippen molar-refractivity contribution in [1.82, 2.24) is 0 Å². The Morgan fingerprint density at radius 2 is 1.20 bits per heavy atom. The SMILES string of the molecule is [Al].[Cu].[Ga]=[Se].[In]. The van der Waals surface area contributed by atoms with E-state index in [0.29, 0.717) is 0 Å². The molecule has 0 atom stereocenters. The molecule has 0 heterocycles. The third-order valence-electron chi connectivity index (χ3n) is 0. The second-order valence-corrected chi connectivity index (χ2v) is 0. The van der Waals surface area contributed by atoms with Crippen LogP contribution in [0.5, 0.6) is 0 Å². The molecule has 0 unspecified atom stereocenters. The van der Waals surface area contributed by atoms with Crippen LogP contribution in [0.4, 0.5) is 0 Å². The third-order valence-corrected chi connectivity index (χ3v) is 0. The van der Waals surface area contributed by atoms with E-state index in [1.807, 2.05) is 0 Å². The summed E-state index contributed by atoms with van der Waals surface area (Å²) in [6, 6.07) is 0. The van der Waals surface area contributed by atoms with Gasteiger partial charge in [-0.1, -0.05) is 0 Å². The van der Waals surface area contributed by atoms with E-state index in [1.165, 1.54) is 0 Å². The average Bonchev–Trinajstić information content (AvgIpc) is 1.00. The van der Waals surface area contributed by atoms with E-state index in [2.05, 4.69) is 13.1 Å². The molecule has 0 bridgehead atoms. The quantitative estimate of drug-likeness (QED) is 0.464. The van der Waals surface area contributed by atoms with Crippen LogP contribution in [0.1, 0.15) is 0 Å². The van der Waals surface area contributed by atoms with Crippen LogP contribution in [0, 0.1) is 0 Å². The largest absolute Gasteiger partial charge is 0 e. The number of hydrogen-bond donors (Lipinski definition) is 0. The minimum absolute atomic E-state index is 0. The molecule has 0 saturated carbocycles. The summed E-state index contributed by atoms with van der Waals surface area (Å²) >= 11 is 4.25. The predicted octanol–water partition coefficient (Wildman–Crippen LogP) is -1.53. The third kappa shape index (κ3) is 19.3. The summed E-state index contributed by atoms with van der Waals surface area (Å²) in [4.78, 5) is 0. The van der Waals surface area contributed by atoms with Crippen molar-refractivity contribution in [2.75, 3.05) is 0 Å². The molecule has 0 nitrogen and oxygen atoms in total. The van der Waals surface area contributed by atoms with Crippen LogP contribution in [0.2, 0.25) is 0 Å². The standard InChI is InChI=1S/Al.Cu.Ga.In.Se. The second-order valence-electron chi connectivity index (χ2n) is 0. The minimum atomic E-state index is 0. The van der Waals surface area contributed by atoms with Gasteiger partial charge < -0.3 is 0 Å². The summed E-state index contributed by atoms with van der Waals surface area (Å²) in [5.74, 6) is 0. The van der Waals surface area contributed by atoms with Crippen molar-refractivity contribution in [3.05, 3.63) is 0 Å². The van der Waals surface area contributed by atoms with E-state index in [-0.39, 0.29) is 60.3 Å². The van der Waals surface area contributed by atoms with Gasteiger partial charge in [0.1, 0.15) is 0 Å². The van der Waals surface area contributed by atoms with Crippen LogP contribution in [0.15, 0.2) is 0 Å². The molecule has 0 saturated heterocycles. The zero-order valence-corrected chi connectivity index (χ0v) is 12.0. The first-order chi connectivity index (χ1) is 1.00. The fourth-order valence-electron chi connectivity index (χ4n) is 0. The maximum atomic E-state index is 2.69. The van der Waals surface area contributed by atoms with Crippen molar-refractivity contribution in [3.63, 3.8) is 0 Å². The molecule has 0 aromatic heterocycles. The Morgan fingerprint density at radius 1 is 1.20 bits per heavy atom. The van der Waals surface area contributed by atoms with E-state index in [4.69, 9.17) is 0 Å². The number of hydrogen-bond acceptors (Lipinski definition) is 0. The van der Waals surface area contributed by atoms with Gasteiger partial charge in [0.05, 0.1) is 0 Å². The first kappa shape index (κ1) is 24.3. The van der Waals surface area contributed by atoms with Gasteiger partial charge >= 0.3 is 29.1 Å². The van der Waals surface area contributed by atoms with Crippen molar-refractivity contribution < 1.29 is 17.1 Å². The Labute approximate surface area is 87.8 Å². The minimum Gasteiger partial charge on any atom is 0 e. The van der Waals surface area contributed by atoms with Gasteiger partial charge in [-0.15, -0.1) is 0 Å². The van der Waals surface area contributed by atoms with E-state index in [9.17, 15) is 0 Å². The average molecular weight is 354 g/mol. The van der Waals surface area contributed by atoms with Gasteiger partial charge in [0, 0.05) is 60.3 Å². The van der Waals surface area contributed by atoms with Crippen molar-refractivity contribution in [2.24, 2.45) is 0 Å². The molecular formula is AlCuGaInSe. The normalized spacial score (nSPS) is 0.600. The monoisotopic (exact) mass is 354 g/mol. The first-order valence-electron chi connectivity index (χ1n) is 0.236. The molecule has 8 radical (unpaired) electrons. The van der Waals surface area contributed by atoms with Crippen molar-refractivity contribution in [2.45, 2.75) is 0 Å². The molecule has 0 aliphatic rings. The van der Waals surface area contributed by atoms with Gasteiger partial charge in [-0.3, -0.25) is 0 Å². The summed E-state index contributed by atoms with van der Waals surface area (Å²) in [6.07, 6.45) is 0. The smallest absolute Gasteiger partial charge is 0 e. The summed E-state index contributed by atoms with van der Waals surface area (Å²) in [5, 5.41) is 0. The molecule has 0 aromatic rings. The molecule has 0 aliphatic carbocycles. The molecule has 5 heteroatoms. The maximum Gasteiger partial charge on any atom is 0 e. The van der Waals surface area contributed by atoms with Gasteiger partial charge in [-0.05, 0) is 0 Å². The van der Waals surface area contributed by atoms with Crippen LogP contribution in [-0.4, -0.2) is 72.3 Å². The van der Waals surface area contributed by atoms with Crippen molar-refractivity contribution in [1.29, 1.82) is 0 Å². The predicted molar refractivity (Wildman–Crippen MR) is 23.0 cm³/mol. The van der Waals surface area contributed by atoms with Crippen LogP contribution in [0.3, 0.4) is 0 Å². The fourth-order valence-corrected chi connectivity index (χ4v) is 0. The molecule has 5 heavy (non-hydrogen) atoms. The maximum absolute atomic E-state index is 2.69. The van der Waals surface area contributed by atoms with Gasteiger partial charge in [-0.2, -0.15) is 0 Å². The molecule has 26 valence electrons. The molecule has 0 aromatic carbocycles. The Morgan fingerprint density at radius 3 is 1.20 bits per heavy atom. The van der Waals surface area contributed by atoms with E-state index in [1.54, 1.807) is 16.0 Å². The molecule has 0 spiro atoms. The molecule has 0 rings (SSSR count). The topological polar surface area (TPSA) is 0 Å². The van der Waals surface area contributed by atoms with Gasteiger partial charge in [0.2, 0.25) is 0 Å². The number of rotatable bonds is 0. The van der Waals surface area contributed by atoms with Gasteiger partial charge in [0.25, 0.3) is 0 Å². The van der Waals surface area contributed by atoms with Crippen LogP contribution in [0.25, 0.3) is 0 Å². The van der Waals surface area contributed by atoms with Crippen LogP contribution >= 0.6 is 0 Å². The van der Waals surface area contributed by atoms with E-state index < -0.39 is 0 Å². The van der Waals surface area contributed by atoms with Gasteiger partial charge in [-0.25, -0.2) is 0 Å². The Hall–Kier alpha value is 3.08. The molecule has 0 N–H and O–H groups in total. The Kier molecular flexibility index (Phi) is 134. The molecule has 0 fully saturated rings. The zero-order valence-electron chi connectivity index (χ0n) is 2.44. The molecular weight excluding hydrogens is 354 g/mol. The summed E-state index contributed by atoms with van der Waals surface area (Å²) in [6.45, 7) is 0. The van der Waals surface area contributed by atoms with E-state index in [0.717, 1.165) is 0 Å². The van der Waals surface area contributed by atoms with Crippen molar-refractivity contribution >= 4 is 72.3 Å². The zero-order chi connectivity index (χ0) is 2.00. The molecule has 0 aliphatic heterocycles.